The van der Waals surface area contributed by atoms with Gasteiger partial charge in [0.05, 0.1) is 24.7 Å². The Bertz CT molecular complexity index is 967. The quantitative estimate of drug-likeness (QED) is 0.705. The van der Waals surface area contributed by atoms with Crippen LogP contribution in [0, 0.1) is 6.92 Å². The summed E-state index contributed by atoms with van der Waals surface area (Å²) in [6.45, 7) is 7.83. The first-order valence-electron chi connectivity index (χ1n) is 8.99. The summed E-state index contributed by atoms with van der Waals surface area (Å²) in [5, 5.41) is 0. The summed E-state index contributed by atoms with van der Waals surface area (Å²) in [5.41, 5.74) is 3.00. The molecule has 0 aliphatic rings. The number of rotatable bonds is 7. The van der Waals surface area contributed by atoms with Gasteiger partial charge in [-0.25, -0.2) is 17.9 Å². The van der Waals surface area contributed by atoms with Crippen molar-refractivity contribution in [2.45, 2.75) is 44.6 Å². The Morgan fingerprint density at radius 1 is 1.04 bits per heavy atom. The number of benzene rings is 2. The molecule has 6 nitrogen and oxygen atoms in total. The monoisotopic (exact) mass is 405 g/mol. The molecule has 1 N–H and O–H groups in total. The zero-order valence-corrected chi connectivity index (χ0v) is 17.9. The highest BCUT2D eigenvalue weighted by atomic mass is 32.2. The van der Waals surface area contributed by atoms with Gasteiger partial charge in [-0.2, -0.15) is 0 Å². The van der Waals surface area contributed by atoms with E-state index in [0.29, 0.717) is 0 Å². The van der Waals surface area contributed by atoms with Crippen LogP contribution in [-0.2, 0) is 14.8 Å². The maximum atomic E-state index is 12.8. The Morgan fingerprint density at radius 3 is 2.29 bits per heavy atom. The molecule has 0 unspecified atom stereocenters. The highest BCUT2D eigenvalue weighted by molar-refractivity contribution is 7.89. The lowest BCUT2D eigenvalue weighted by atomic mass is 9.94. The van der Waals surface area contributed by atoms with Crippen molar-refractivity contribution in [2.24, 2.45) is 0 Å². The maximum Gasteiger partial charge on any atom is 0.337 e. The van der Waals surface area contributed by atoms with E-state index >= 15 is 0 Å². The minimum absolute atomic E-state index is 0.0116. The number of esters is 1. The molecule has 0 aliphatic carbocycles. The Morgan fingerprint density at radius 2 is 1.71 bits per heavy atom. The highest BCUT2D eigenvalue weighted by Gasteiger charge is 2.22. The van der Waals surface area contributed by atoms with Crippen LogP contribution in [0.15, 0.2) is 41.3 Å². The van der Waals surface area contributed by atoms with Crippen molar-refractivity contribution in [3.8, 4) is 5.75 Å². The molecule has 0 heterocycles. The number of hydrogen-bond donors (Lipinski definition) is 1. The molecule has 1 atom stereocenters. The van der Waals surface area contributed by atoms with E-state index in [1.165, 1.54) is 31.4 Å². The largest absolute Gasteiger partial charge is 0.496 e. The summed E-state index contributed by atoms with van der Waals surface area (Å²) in [6.07, 6.45) is 0. The number of methoxy groups -OCH3 is 2. The number of carbonyl (C=O) groups is 1. The van der Waals surface area contributed by atoms with Gasteiger partial charge in [-0.3, -0.25) is 0 Å². The van der Waals surface area contributed by atoms with Crippen molar-refractivity contribution >= 4 is 16.0 Å². The van der Waals surface area contributed by atoms with Gasteiger partial charge in [-0.15, -0.1) is 0 Å². The highest BCUT2D eigenvalue weighted by Crippen LogP contribution is 2.32. The van der Waals surface area contributed by atoms with Gasteiger partial charge in [0, 0.05) is 6.04 Å². The fraction of sp³-hybridized carbons (Fsp3) is 0.381. The molecular weight excluding hydrogens is 378 g/mol. The molecule has 0 bridgehead atoms. The SMILES string of the molecule is COC(=O)c1cccc(S(=O)(=O)N[C@H](C)c2cc(C(C)C)c(OC)cc2C)c1. The Labute approximate surface area is 166 Å². The first-order valence-corrected chi connectivity index (χ1v) is 10.5. The molecule has 2 aromatic carbocycles. The molecule has 0 saturated heterocycles. The normalized spacial score (nSPS) is 12.7. The molecule has 0 aromatic heterocycles. The fourth-order valence-corrected chi connectivity index (χ4v) is 4.35. The molecule has 0 fully saturated rings. The predicted octanol–water partition coefficient (Wildman–Crippen LogP) is 3.95. The van der Waals surface area contributed by atoms with E-state index in [0.717, 1.165) is 22.4 Å². The molecule has 28 heavy (non-hydrogen) atoms. The van der Waals surface area contributed by atoms with Gasteiger partial charge in [-0.05, 0) is 66.8 Å². The second kappa shape index (κ2) is 8.75. The third-order valence-corrected chi connectivity index (χ3v) is 6.14. The fourth-order valence-electron chi connectivity index (χ4n) is 3.08. The average molecular weight is 406 g/mol. The summed E-state index contributed by atoms with van der Waals surface area (Å²) < 4.78 is 38.5. The lowest BCUT2D eigenvalue weighted by Crippen LogP contribution is -2.27. The third-order valence-electron chi connectivity index (χ3n) is 4.60. The number of carbonyl (C=O) groups excluding carboxylic acids is 1. The first-order chi connectivity index (χ1) is 13.1. The molecule has 0 spiro atoms. The van der Waals surface area contributed by atoms with Crippen LogP contribution in [0.2, 0.25) is 0 Å². The van der Waals surface area contributed by atoms with Crippen LogP contribution in [0.5, 0.6) is 5.75 Å². The number of nitrogens with one attached hydrogen (secondary N) is 1. The number of aryl methyl sites for hydroxylation is 1. The van der Waals surface area contributed by atoms with Crippen molar-refractivity contribution in [2.75, 3.05) is 14.2 Å². The van der Waals surface area contributed by atoms with Crippen LogP contribution >= 0.6 is 0 Å². The summed E-state index contributed by atoms with van der Waals surface area (Å²) in [6, 6.07) is 9.22. The van der Waals surface area contributed by atoms with Crippen molar-refractivity contribution < 1.29 is 22.7 Å². The van der Waals surface area contributed by atoms with E-state index in [9.17, 15) is 13.2 Å². The molecule has 2 aromatic rings. The Balaban J connectivity index is 2.37. The molecule has 0 aliphatic heterocycles. The van der Waals surface area contributed by atoms with Crippen molar-refractivity contribution in [1.29, 1.82) is 0 Å². The molecule has 0 amide bonds. The van der Waals surface area contributed by atoms with Gasteiger partial charge in [0.15, 0.2) is 0 Å². The van der Waals surface area contributed by atoms with Gasteiger partial charge in [0.25, 0.3) is 0 Å². The zero-order chi connectivity index (χ0) is 21.1. The van der Waals surface area contributed by atoms with Gasteiger partial charge < -0.3 is 9.47 Å². The van der Waals surface area contributed by atoms with E-state index < -0.39 is 22.0 Å². The summed E-state index contributed by atoms with van der Waals surface area (Å²) in [5.74, 6) is 0.435. The summed E-state index contributed by atoms with van der Waals surface area (Å²) >= 11 is 0. The lowest BCUT2D eigenvalue weighted by Gasteiger charge is -2.21. The van der Waals surface area contributed by atoms with Crippen molar-refractivity contribution in [3.63, 3.8) is 0 Å². The molecule has 0 radical (unpaired) electrons. The summed E-state index contributed by atoms with van der Waals surface area (Å²) in [4.78, 5) is 11.7. The van der Waals surface area contributed by atoms with E-state index in [1.807, 2.05) is 19.1 Å². The van der Waals surface area contributed by atoms with Crippen molar-refractivity contribution in [1.82, 2.24) is 4.72 Å². The summed E-state index contributed by atoms with van der Waals surface area (Å²) in [7, 11) is -0.948. The van der Waals surface area contributed by atoms with Gasteiger partial charge >= 0.3 is 5.97 Å². The van der Waals surface area contributed by atoms with E-state index in [1.54, 1.807) is 14.0 Å². The van der Waals surface area contributed by atoms with E-state index in [4.69, 9.17) is 4.74 Å². The topological polar surface area (TPSA) is 81.7 Å². The van der Waals surface area contributed by atoms with E-state index in [2.05, 4.69) is 23.3 Å². The Hall–Kier alpha value is -2.38. The minimum Gasteiger partial charge on any atom is -0.496 e. The van der Waals surface area contributed by atoms with Crippen LogP contribution in [0.25, 0.3) is 0 Å². The smallest absolute Gasteiger partial charge is 0.337 e. The van der Waals surface area contributed by atoms with Gasteiger partial charge in [0.1, 0.15) is 5.75 Å². The van der Waals surface area contributed by atoms with Crippen LogP contribution in [0.4, 0.5) is 0 Å². The van der Waals surface area contributed by atoms with Crippen molar-refractivity contribution in [3.05, 3.63) is 58.7 Å². The molecular formula is C21H27NO5S. The Kier molecular flexibility index (Phi) is 6.85. The van der Waals surface area contributed by atoms with Gasteiger partial charge in [0.2, 0.25) is 10.0 Å². The number of hydrogen-bond acceptors (Lipinski definition) is 5. The minimum atomic E-state index is -3.83. The maximum absolute atomic E-state index is 12.8. The van der Waals surface area contributed by atoms with Crippen LogP contribution in [0.1, 0.15) is 59.8 Å². The van der Waals surface area contributed by atoms with Gasteiger partial charge in [-0.1, -0.05) is 19.9 Å². The second-order valence-electron chi connectivity index (χ2n) is 6.97. The molecule has 7 heteroatoms. The zero-order valence-electron chi connectivity index (χ0n) is 17.1. The van der Waals surface area contributed by atoms with Crippen LogP contribution in [-0.4, -0.2) is 28.6 Å². The van der Waals surface area contributed by atoms with Crippen LogP contribution in [0.3, 0.4) is 0 Å². The lowest BCUT2D eigenvalue weighted by molar-refractivity contribution is 0.0600. The standard InChI is InChI=1S/C21H27NO5S/c1-13(2)18-12-19(14(3)10-20(18)26-5)15(4)22-28(24,25)17-9-7-8-16(11-17)21(23)27-6/h7-13,15,22H,1-6H3/t15-/m1/s1. The average Bonchev–Trinajstić information content (AvgIpc) is 2.66. The van der Waals surface area contributed by atoms with Crippen LogP contribution < -0.4 is 9.46 Å². The first kappa shape index (κ1) is 21.9. The molecule has 2 rings (SSSR count). The number of ether oxygens (including phenoxy) is 2. The number of sulfonamides is 1. The predicted molar refractivity (Wildman–Crippen MR) is 108 cm³/mol. The molecule has 152 valence electrons. The molecule has 0 saturated carbocycles. The van der Waals surface area contributed by atoms with E-state index in [-0.39, 0.29) is 16.4 Å². The second-order valence-corrected chi connectivity index (χ2v) is 8.68. The third kappa shape index (κ3) is 4.72.